The first-order valence-corrected chi connectivity index (χ1v) is 5.72. The molecule has 1 aromatic carbocycles. The third kappa shape index (κ3) is 1.98. The third-order valence-corrected chi connectivity index (χ3v) is 3.23. The van der Waals surface area contributed by atoms with Gasteiger partial charge in [-0.2, -0.15) is 0 Å². The standard InChI is InChI=1S/C13H13NO2S/c1-16-12(15)13(5-6-13)10-2-3-11(14)9(8-10)4-7-17/h2-3,8,17H,5-6,14H2,1H3. The van der Waals surface area contributed by atoms with E-state index in [0.29, 0.717) is 11.3 Å². The molecule has 0 aromatic heterocycles. The highest BCUT2D eigenvalue weighted by Gasteiger charge is 2.52. The number of methoxy groups -OCH3 is 1. The summed E-state index contributed by atoms with van der Waals surface area (Å²) < 4.78 is 4.84. The summed E-state index contributed by atoms with van der Waals surface area (Å²) in [6.45, 7) is 0. The van der Waals surface area contributed by atoms with E-state index in [1.165, 1.54) is 7.11 Å². The number of carbonyl (C=O) groups excluding carboxylic acids is 1. The maximum Gasteiger partial charge on any atom is 0.316 e. The van der Waals surface area contributed by atoms with Gasteiger partial charge in [-0.15, -0.1) is 0 Å². The summed E-state index contributed by atoms with van der Waals surface area (Å²) in [4.78, 5) is 11.7. The van der Waals surface area contributed by atoms with Crippen LogP contribution in [0.1, 0.15) is 24.0 Å². The van der Waals surface area contributed by atoms with Crippen LogP contribution in [0.2, 0.25) is 0 Å². The molecule has 0 aliphatic heterocycles. The molecule has 0 unspecified atom stereocenters. The van der Waals surface area contributed by atoms with E-state index in [4.69, 9.17) is 10.5 Å². The van der Waals surface area contributed by atoms with Crippen molar-refractivity contribution in [1.82, 2.24) is 0 Å². The van der Waals surface area contributed by atoms with Crippen LogP contribution in [0.3, 0.4) is 0 Å². The molecule has 1 aromatic rings. The Morgan fingerprint density at radius 2 is 2.24 bits per heavy atom. The lowest BCUT2D eigenvalue weighted by Crippen LogP contribution is -2.22. The lowest BCUT2D eigenvalue weighted by molar-refractivity contribution is -0.143. The van der Waals surface area contributed by atoms with Gasteiger partial charge in [0.25, 0.3) is 0 Å². The Balaban J connectivity index is 2.43. The van der Waals surface area contributed by atoms with Gasteiger partial charge in [-0.1, -0.05) is 24.6 Å². The van der Waals surface area contributed by atoms with Gasteiger partial charge in [0.1, 0.15) is 0 Å². The van der Waals surface area contributed by atoms with Gasteiger partial charge >= 0.3 is 5.97 Å². The SMILES string of the molecule is COC(=O)C1(c2ccc(N)c(C#CS)c2)CC1. The fourth-order valence-corrected chi connectivity index (χ4v) is 2.07. The second-order valence-electron chi connectivity index (χ2n) is 4.11. The minimum atomic E-state index is -0.477. The average molecular weight is 247 g/mol. The quantitative estimate of drug-likeness (QED) is 0.362. The lowest BCUT2D eigenvalue weighted by Gasteiger charge is -2.13. The Morgan fingerprint density at radius 1 is 1.53 bits per heavy atom. The molecule has 0 bridgehead atoms. The maximum atomic E-state index is 11.7. The molecule has 0 atom stereocenters. The molecule has 0 amide bonds. The number of ether oxygens (including phenoxy) is 1. The number of anilines is 1. The van der Waals surface area contributed by atoms with Crippen LogP contribution in [0.4, 0.5) is 5.69 Å². The molecule has 0 heterocycles. The first kappa shape index (κ1) is 11.9. The summed E-state index contributed by atoms with van der Waals surface area (Å²) in [5, 5.41) is 2.52. The predicted molar refractivity (Wildman–Crippen MR) is 69.6 cm³/mol. The van der Waals surface area contributed by atoms with E-state index in [0.717, 1.165) is 18.4 Å². The molecule has 1 aliphatic rings. The van der Waals surface area contributed by atoms with Crippen molar-refractivity contribution >= 4 is 24.3 Å². The Hall–Kier alpha value is -1.60. The molecular weight excluding hydrogens is 234 g/mol. The Morgan fingerprint density at radius 3 is 2.76 bits per heavy atom. The monoisotopic (exact) mass is 247 g/mol. The fraction of sp³-hybridized carbons (Fsp3) is 0.308. The largest absolute Gasteiger partial charge is 0.468 e. The highest BCUT2D eigenvalue weighted by Crippen LogP contribution is 2.49. The Bertz CT molecular complexity index is 524. The van der Waals surface area contributed by atoms with Crippen LogP contribution < -0.4 is 5.73 Å². The van der Waals surface area contributed by atoms with E-state index < -0.39 is 5.41 Å². The number of hydrogen-bond donors (Lipinski definition) is 2. The highest BCUT2D eigenvalue weighted by molar-refractivity contribution is 7.85. The summed E-state index contributed by atoms with van der Waals surface area (Å²) >= 11 is 3.85. The van der Waals surface area contributed by atoms with Crippen LogP contribution in [0.15, 0.2) is 18.2 Å². The molecule has 2 rings (SSSR count). The van der Waals surface area contributed by atoms with Gasteiger partial charge < -0.3 is 10.5 Å². The summed E-state index contributed by atoms with van der Waals surface area (Å²) in [7, 11) is 1.41. The maximum absolute atomic E-state index is 11.7. The first-order chi connectivity index (χ1) is 8.14. The van der Waals surface area contributed by atoms with Crippen LogP contribution in [-0.4, -0.2) is 13.1 Å². The fourth-order valence-electron chi connectivity index (χ4n) is 1.95. The van der Waals surface area contributed by atoms with Crippen molar-refractivity contribution in [2.45, 2.75) is 18.3 Å². The number of esters is 1. The summed E-state index contributed by atoms with van der Waals surface area (Å²) in [5.41, 5.74) is 7.53. The van der Waals surface area contributed by atoms with Gasteiger partial charge in [0, 0.05) is 11.3 Å². The number of nitrogen functional groups attached to an aromatic ring is 1. The second-order valence-corrected chi connectivity index (χ2v) is 4.34. The van der Waals surface area contributed by atoms with Gasteiger partial charge in [-0.25, -0.2) is 0 Å². The summed E-state index contributed by atoms with van der Waals surface area (Å²) in [6.07, 6.45) is 1.63. The van der Waals surface area contributed by atoms with Crippen molar-refractivity contribution in [2.75, 3.05) is 12.8 Å². The van der Waals surface area contributed by atoms with Crippen molar-refractivity contribution in [3.63, 3.8) is 0 Å². The number of rotatable bonds is 2. The second kappa shape index (κ2) is 4.34. The number of thiol groups is 1. The number of nitrogens with two attached hydrogens (primary N) is 1. The van der Waals surface area contributed by atoms with E-state index >= 15 is 0 Å². The van der Waals surface area contributed by atoms with Crippen molar-refractivity contribution in [3.05, 3.63) is 29.3 Å². The minimum Gasteiger partial charge on any atom is -0.468 e. The molecular formula is C13H13NO2S. The van der Waals surface area contributed by atoms with Gasteiger partial charge in [0.05, 0.1) is 12.5 Å². The van der Waals surface area contributed by atoms with E-state index in [1.54, 1.807) is 6.07 Å². The van der Waals surface area contributed by atoms with E-state index in [9.17, 15) is 4.79 Å². The molecule has 4 heteroatoms. The Labute approximate surface area is 106 Å². The molecule has 0 radical (unpaired) electrons. The zero-order valence-corrected chi connectivity index (χ0v) is 10.4. The average Bonchev–Trinajstić information content (AvgIpc) is 3.12. The minimum absolute atomic E-state index is 0.188. The third-order valence-electron chi connectivity index (χ3n) is 3.12. The zero-order chi connectivity index (χ0) is 12.5. The topological polar surface area (TPSA) is 52.3 Å². The zero-order valence-electron chi connectivity index (χ0n) is 9.49. The molecule has 0 spiro atoms. The molecule has 2 N–H and O–H groups in total. The van der Waals surface area contributed by atoms with E-state index in [1.807, 2.05) is 12.1 Å². The van der Waals surface area contributed by atoms with Crippen LogP contribution >= 0.6 is 12.6 Å². The molecule has 17 heavy (non-hydrogen) atoms. The highest BCUT2D eigenvalue weighted by atomic mass is 32.1. The van der Waals surface area contributed by atoms with Crippen LogP contribution in [0.5, 0.6) is 0 Å². The molecule has 88 valence electrons. The number of benzene rings is 1. The Kier molecular flexibility index (Phi) is 3.03. The van der Waals surface area contributed by atoms with Crippen LogP contribution in [0, 0.1) is 11.2 Å². The lowest BCUT2D eigenvalue weighted by atomic mass is 9.94. The molecule has 0 saturated heterocycles. The van der Waals surface area contributed by atoms with E-state index in [-0.39, 0.29) is 5.97 Å². The van der Waals surface area contributed by atoms with Crippen molar-refractivity contribution in [3.8, 4) is 11.2 Å². The number of hydrogen-bond acceptors (Lipinski definition) is 4. The molecule has 1 aliphatic carbocycles. The van der Waals surface area contributed by atoms with Gasteiger partial charge in [0.2, 0.25) is 0 Å². The smallest absolute Gasteiger partial charge is 0.316 e. The van der Waals surface area contributed by atoms with Gasteiger partial charge in [-0.05, 0) is 35.8 Å². The van der Waals surface area contributed by atoms with Crippen molar-refractivity contribution < 1.29 is 9.53 Å². The summed E-state index contributed by atoms with van der Waals surface area (Å²) in [5.74, 6) is 2.62. The molecule has 3 nitrogen and oxygen atoms in total. The van der Waals surface area contributed by atoms with E-state index in [2.05, 4.69) is 23.8 Å². The first-order valence-electron chi connectivity index (χ1n) is 5.27. The summed E-state index contributed by atoms with van der Waals surface area (Å²) in [6, 6.07) is 5.48. The van der Waals surface area contributed by atoms with Crippen LogP contribution in [-0.2, 0) is 14.9 Å². The van der Waals surface area contributed by atoms with Crippen molar-refractivity contribution in [2.24, 2.45) is 0 Å². The van der Waals surface area contributed by atoms with Crippen LogP contribution in [0.25, 0.3) is 0 Å². The predicted octanol–water partition coefficient (Wildman–Crippen LogP) is 1.71. The number of carbonyl (C=O) groups is 1. The normalized spacial score (nSPS) is 15.6. The van der Waals surface area contributed by atoms with Gasteiger partial charge in [-0.3, -0.25) is 4.79 Å². The molecule has 1 fully saturated rings. The molecule has 1 saturated carbocycles. The van der Waals surface area contributed by atoms with Gasteiger partial charge in [0.15, 0.2) is 0 Å². The van der Waals surface area contributed by atoms with Crippen molar-refractivity contribution in [1.29, 1.82) is 0 Å².